The summed E-state index contributed by atoms with van der Waals surface area (Å²) in [5.41, 5.74) is 1.47. The van der Waals surface area contributed by atoms with E-state index in [2.05, 4.69) is 36.3 Å². The van der Waals surface area contributed by atoms with Gasteiger partial charge in [0.05, 0.1) is 0 Å². The second-order valence-corrected chi connectivity index (χ2v) is 7.23. The lowest BCUT2D eigenvalue weighted by Crippen LogP contribution is -2.36. The fourth-order valence-electron chi connectivity index (χ4n) is 2.36. The third-order valence-electron chi connectivity index (χ3n) is 3.77. The topological polar surface area (TPSA) is 61.4 Å². The molecule has 1 rings (SSSR count). The molecule has 0 heterocycles. The van der Waals surface area contributed by atoms with Crippen LogP contribution in [0.2, 0.25) is 0 Å². The molecular weight excluding hydrogens is 302 g/mol. The first-order valence-electron chi connectivity index (χ1n) is 8.60. The summed E-state index contributed by atoms with van der Waals surface area (Å²) in [5, 5.41) is 5.64. The van der Waals surface area contributed by atoms with E-state index >= 15 is 0 Å². The largest absolute Gasteiger partial charge is 0.369 e. The average molecular weight is 333 g/mol. The molecule has 0 bridgehead atoms. The van der Waals surface area contributed by atoms with Gasteiger partial charge in [0.25, 0.3) is 0 Å². The summed E-state index contributed by atoms with van der Waals surface area (Å²) >= 11 is 0. The molecular formula is C19H31N3O2. The number of amides is 2. The smallest absolute Gasteiger partial charge is 0.226 e. The van der Waals surface area contributed by atoms with E-state index in [1.165, 1.54) is 0 Å². The number of nitrogens with one attached hydrogen (secondary N) is 2. The summed E-state index contributed by atoms with van der Waals surface area (Å²) in [6, 6.07) is 8.28. The molecule has 0 aliphatic rings. The van der Waals surface area contributed by atoms with Crippen LogP contribution in [0, 0.1) is 5.41 Å². The molecule has 0 aliphatic carbocycles. The van der Waals surface area contributed by atoms with Gasteiger partial charge in [-0.05, 0) is 45.0 Å². The predicted molar refractivity (Wildman–Crippen MR) is 100 cm³/mol. The van der Waals surface area contributed by atoms with Crippen LogP contribution in [0.1, 0.15) is 48.0 Å². The number of hydrogen-bond donors (Lipinski definition) is 2. The molecule has 24 heavy (non-hydrogen) atoms. The van der Waals surface area contributed by atoms with E-state index in [4.69, 9.17) is 0 Å². The summed E-state index contributed by atoms with van der Waals surface area (Å²) in [5.74, 6) is -0.152. The minimum absolute atomic E-state index is 0.0482. The van der Waals surface area contributed by atoms with E-state index in [0.29, 0.717) is 12.6 Å². The number of rotatable bonds is 7. The van der Waals surface area contributed by atoms with Crippen molar-refractivity contribution in [1.82, 2.24) is 5.32 Å². The molecule has 0 saturated carbocycles. The Labute approximate surface area is 145 Å². The van der Waals surface area contributed by atoms with Gasteiger partial charge < -0.3 is 15.5 Å². The van der Waals surface area contributed by atoms with Crippen molar-refractivity contribution in [3.8, 4) is 0 Å². The van der Waals surface area contributed by atoms with Crippen LogP contribution in [-0.4, -0.2) is 30.9 Å². The lowest BCUT2D eigenvalue weighted by molar-refractivity contribution is -0.128. The Bertz CT molecular complexity index is 545. The Morgan fingerprint density at radius 2 is 1.71 bits per heavy atom. The number of carbonyl (C=O) groups is 2. The maximum Gasteiger partial charge on any atom is 0.226 e. The van der Waals surface area contributed by atoms with Gasteiger partial charge in [-0.25, -0.2) is 0 Å². The highest BCUT2D eigenvalue weighted by Gasteiger charge is 2.20. The lowest BCUT2D eigenvalue weighted by atomic mass is 9.96. The average Bonchev–Trinajstić information content (AvgIpc) is 2.48. The van der Waals surface area contributed by atoms with Crippen LogP contribution in [0.4, 0.5) is 11.4 Å². The van der Waals surface area contributed by atoms with Crippen molar-refractivity contribution >= 4 is 23.2 Å². The van der Waals surface area contributed by atoms with Crippen LogP contribution in [0.5, 0.6) is 0 Å². The highest BCUT2D eigenvalue weighted by Crippen LogP contribution is 2.20. The van der Waals surface area contributed by atoms with Gasteiger partial charge in [-0.2, -0.15) is 0 Å². The van der Waals surface area contributed by atoms with Crippen molar-refractivity contribution in [1.29, 1.82) is 0 Å². The predicted octanol–water partition coefficient (Wildman–Crippen LogP) is 3.41. The molecule has 0 unspecified atom stereocenters. The third kappa shape index (κ3) is 6.22. The fraction of sp³-hybridized carbons (Fsp3) is 0.579. The lowest BCUT2D eigenvalue weighted by Gasteiger charge is -2.27. The fourth-order valence-corrected chi connectivity index (χ4v) is 2.36. The zero-order valence-corrected chi connectivity index (χ0v) is 15.8. The first-order chi connectivity index (χ1) is 11.1. The number of anilines is 2. The number of benzene rings is 1. The van der Waals surface area contributed by atoms with Gasteiger partial charge in [0, 0.05) is 42.3 Å². The van der Waals surface area contributed by atoms with Crippen molar-refractivity contribution < 1.29 is 9.59 Å². The van der Waals surface area contributed by atoms with Crippen LogP contribution in [0.25, 0.3) is 0 Å². The van der Waals surface area contributed by atoms with E-state index in [1.54, 1.807) is 0 Å². The van der Waals surface area contributed by atoms with Gasteiger partial charge in [0.2, 0.25) is 11.8 Å². The van der Waals surface area contributed by atoms with Crippen molar-refractivity contribution in [3.63, 3.8) is 0 Å². The Balaban J connectivity index is 2.49. The molecule has 0 fully saturated rings. The molecule has 2 amide bonds. The van der Waals surface area contributed by atoms with E-state index in [-0.39, 0.29) is 18.2 Å². The van der Waals surface area contributed by atoms with Crippen molar-refractivity contribution in [2.75, 3.05) is 23.3 Å². The summed E-state index contributed by atoms with van der Waals surface area (Å²) < 4.78 is 0. The van der Waals surface area contributed by atoms with Crippen LogP contribution in [-0.2, 0) is 9.59 Å². The third-order valence-corrected chi connectivity index (χ3v) is 3.77. The maximum atomic E-state index is 12.0. The minimum Gasteiger partial charge on any atom is -0.369 e. The molecule has 0 aromatic heterocycles. The minimum atomic E-state index is -0.437. The zero-order chi connectivity index (χ0) is 18.3. The summed E-state index contributed by atoms with van der Waals surface area (Å²) in [6.07, 6.45) is 0.261. The number of hydrogen-bond acceptors (Lipinski definition) is 3. The second-order valence-electron chi connectivity index (χ2n) is 7.23. The van der Waals surface area contributed by atoms with Gasteiger partial charge in [-0.15, -0.1) is 0 Å². The SMILES string of the molecule is CCN(c1ccc(NC(=O)CCNC(=O)C(C)(C)C)cc1)C(C)C. The maximum absolute atomic E-state index is 12.0. The molecule has 0 aliphatic heterocycles. The van der Waals surface area contributed by atoms with E-state index in [9.17, 15) is 9.59 Å². The summed E-state index contributed by atoms with van der Waals surface area (Å²) in [4.78, 5) is 26.0. The van der Waals surface area contributed by atoms with Crippen molar-refractivity contribution in [2.45, 2.75) is 54.0 Å². The Morgan fingerprint density at radius 1 is 1.12 bits per heavy atom. The van der Waals surface area contributed by atoms with Gasteiger partial charge in [0.1, 0.15) is 0 Å². The standard InChI is InChI=1S/C19H31N3O2/c1-7-22(14(2)3)16-10-8-15(9-11-16)21-17(23)12-13-20-18(24)19(4,5)6/h8-11,14H,7,12-13H2,1-6H3,(H,20,24)(H,21,23). The van der Waals surface area contributed by atoms with E-state index in [0.717, 1.165) is 17.9 Å². The monoisotopic (exact) mass is 333 g/mol. The van der Waals surface area contributed by atoms with Gasteiger partial charge >= 0.3 is 0 Å². The molecule has 134 valence electrons. The molecule has 0 spiro atoms. The molecule has 0 radical (unpaired) electrons. The van der Waals surface area contributed by atoms with Crippen LogP contribution in [0.3, 0.4) is 0 Å². The van der Waals surface area contributed by atoms with Gasteiger partial charge in [0.15, 0.2) is 0 Å². The van der Waals surface area contributed by atoms with Crippen LogP contribution >= 0.6 is 0 Å². The molecule has 2 N–H and O–H groups in total. The first-order valence-corrected chi connectivity index (χ1v) is 8.60. The second kappa shape index (κ2) is 8.71. The molecule has 0 saturated heterocycles. The van der Waals surface area contributed by atoms with Gasteiger partial charge in [-0.1, -0.05) is 20.8 Å². The highest BCUT2D eigenvalue weighted by atomic mass is 16.2. The van der Waals surface area contributed by atoms with Crippen LogP contribution in [0.15, 0.2) is 24.3 Å². The quantitative estimate of drug-likeness (QED) is 0.804. The molecule has 1 aromatic carbocycles. The van der Waals surface area contributed by atoms with E-state index < -0.39 is 5.41 Å². The van der Waals surface area contributed by atoms with Crippen molar-refractivity contribution in [2.24, 2.45) is 5.41 Å². The summed E-state index contributed by atoms with van der Waals surface area (Å²) in [7, 11) is 0. The first kappa shape index (κ1) is 20.0. The Morgan fingerprint density at radius 3 is 2.17 bits per heavy atom. The number of nitrogens with zero attached hydrogens (tertiary/aromatic N) is 1. The Hall–Kier alpha value is -2.04. The summed E-state index contributed by atoms with van der Waals surface area (Å²) in [6.45, 7) is 13.3. The normalized spacial score (nSPS) is 11.3. The van der Waals surface area contributed by atoms with Crippen LogP contribution < -0.4 is 15.5 Å². The van der Waals surface area contributed by atoms with Crippen molar-refractivity contribution in [3.05, 3.63) is 24.3 Å². The zero-order valence-electron chi connectivity index (χ0n) is 15.8. The molecule has 0 atom stereocenters. The highest BCUT2D eigenvalue weighted by molar-refractivity contribution is 5.91. The van der Waals surface area contributed by atoms with Gasteiger partial charge in [-0.3, -0.25) is 9.59 Å². The molecule has 1 aromatic rings. The molecule has 5 nitrogen and oxygen atoms in total. The molecule has 5 heteroatoms. The van der Waals surface area contributed by atoms with E-state index in [1.807, 2.05) is 45.0 Å². The Kier molecular flexibility index (Phi) is 7.26. The number of carbonyl (C=O) groups excluding carboxylic acids is 2.